The Morgan fingerprint density at radius 2 is 1.87 bits per heavy atom. The van der Waals surface area contributed by atoms with Crippen LogP contribution in [0.3, 0.4) is 0 Å². The first-order chi connectivity index (χ1) is 21.8. The third-order valence-corrected chi connectivity index (χ3v) is 7.74. The summed E-state index contributed by atoms with van der Waals surface area (Å²) in [5.74, 6) is -4.91. The lowest BCUT2D eigenvalue weighted by Gasteiger charge is -2.36. The van der Waals surface area contributed by atoms with E-state index < -0.39 is 71.8 Å². The third kappa shape index (κ3) is 6.14. The summed E-state index contributed by atoms with van der Waals surface area (Å²) in [7, 11) is 0. The predicted octanol–water partition coefficient (Wildman–Crippen LogP) is 2.92. The van der Waals surface area contributed by atoms with Crippen LogP contribution in [0, 0.1) is 4.91 Å². The van der Waals surface area contributed by atoms with Gasteiger partial charge >= 0.3 is 17.9 Å². The number of cyclic esters (lactones) is 1. The summed E-state index contributed by atoms with van der Waals surface area (Å²) >= 11 is 0. The number of carbonyl (C=O) groups excluding carboxylic acids is 5. The van der Waals surface area contributed by atoms with Crippen molar-refractivity contribution >= 4 is 40.6 Å². The largest absolute Gasteiger partial charge is 0.460 e. The van der Waals surface area contributed by atoms with Crippen molar-refractivity contribution in [3.63, 3.8) is 0 Å². The number of fused-ring (bicyclic) bond motifs is 5. The van der Waals surface area contributed by atoms with Crippen LogP contribution in [0.5, 0.6) is 0 Å². The summed E-state index contributed by atoms with van der Waals surface area (Å²) in [6, 6.07) is 9.37. The molecule has 2 atom stereocenters. The molecule has 0 fully saturated rings. The Morgan fingerprint density at radius 3 is 2.57 bits per heavy atom. The number of hydrogen-bond acceptors (Lipinski definition) is 11. The first-order valence-electron chi connectivity index (χ1n) is 14.7. The van der Waals surface area contributed by atoms with E-state index in [1.165, 1.54) is 4.57 Å². The van der Waals surface area contributed by atoms with Crippen LogP contribution in [0.4, 0.5) is 0 Å². The van der Waals surface area contributed by atoms with Gasteiger partial charge in [0.1, 0.15) is 18.2 Å². The summed E-state index contributed by atoms with van der Waals surface area (Å²) in [5.41, 5.74) is -0.760. The number of rotatable bonds is 9. The molecule has 1 N–H and O–H groups in total. The molecule has 0 radical (unpaired) electrons. The van der Waals surface area contributed by atoms with E-state index >= 15 is 0 Å². The normalized spacial score (nSPS) is 17.2. The van der Waals surface area contributed by atoms with Gasteiger partial charge in [-0.2, -0.15) is 0 Å². The van der Waals surface area contributed by atoms with Crippen LogP contribution in [-0.4, -0.2) is 50.9 Å². The first-order valence-corrected chi connectivity index (χ1v) is 14.7. The molecule has 0 saturated carbocycles. The lowest BCUT2D eigenvalue weighted by atomic mass is 9.85. The van der Waals surface area contributed by atoms with Crippen LogP contribution in [-0.2, 0) is 56.9 Å². The maximum atomic E-state index is 13.8. The molecule has 3 aromatic rings. The maximum absolute atomic E-state index is 13.8. The standard InChI is InChI=1S/C32H32N4O10/c1-5-32(46-29(41)22(14-26(39)45-31(2,3)4)33-24(37)10-11-25(38)35-43)20-13-23-27-18(12-17-8-6-7-9-21(17)34-27)15-36(23)28(40)19(20)16-44-30(32)42/h6-9,12-13,22H,5,10-11,14-16H2,1-4H3,(H,33,37). The minimum Gasteiger partial charge on any atom is -0.460 e. The molecule has 1 aromatic carbocycles. The number of amides is 2. The van der Waals surface area contributed by atoms with Crippen LogP contribution in [0.15, 0.2) is 46.4 Å². The number of nitrogens with one attached hydrogen (secondary N) is 1. The van der Waals surface area contributed by atoms with Gasteiger partial charge in [-0.05, 0) is 45.4 Å². The van der Waals surface area contributed by atoms with Crippen molar-refractivity contribution in [1.29, 1.82) is 0 Å². The second-order valence-electron chi connectivity index (χ2n) is 12.1. The van der Waals surface area contributed by atoms with Gasteiger partial charge in [-0.1, -0.05) is 25.1 Å². The van der Waals surface area contributed by atoms with Crippen LogP contribution < -0.4 is 10.9 Å². The fraction of sp³-hybridized carbons (Fsp3) is 0.406. The fourth-order valence-electron chi connectivity index (χ4n) is 5.60. The highest BCUT2D eigenvalue weighted by atomic mass is 16.6. The van der Waals surface area contributed by atoms with E-state index in [2.05, 4.69) is 10.5 Å². The molecule has 4 heterocycles. The Bertz CT molecular complexity index is 1860. The molecule has 46 heavy (non-hydrogen) atoms. The highest BCUT2D eigenvalue weighted by Crippen LogP contribution is 2.41. The van der Waals surface area contributed by atoms with E-state index in [4.69, 9.17) is 19.2 Å². The van der Waals surface area contributed by atoms with Crippen LogP contribution >= 0.6 is 0 Å². The Hall–Kier alpha value is -5.27. The second-order valence-corrected chi connectivity index (χ2v) is 12.1. The number of aromatic nitrogens is 2. The predicted molar refractivity (Wildman–Crippen MR) is 161 cm³/mol. The SMILES string of the molecule is CCC1(OC(=O)C(CC(=O)OC(C)(C)C)NC(=O)CCC(=O)N=O)C(=O)OCc2c1cc1n(c2=O)Cc2cc3ccccc3nc2-1. The van der Waals surface area contributed by atoms with E-state index in [1.54, 1.807) is 33.8 Å². The van der Waals surface area contributed by atoms with Gasteiger partial charge in [0.15, 0.2) is 0 Å². The minimum atomic E-state index is -2.10. The van der Waals surface area contributed by atoms with Crippen molar-refractivity contribution in [3.8, 4) is 11.4 Å². The average Bonchev–Trinajstić information content (AvgIpc) is 3.36. The molecule has 2 aliphatic rings. The molecular formula is C32H32N4O10. The minimum absolute atomic E-state index is 0.114. The van der Waals surface area contributed by atoms with E-state index in [9.17, 15) is 33.7 Å². The van der Waals surface area contributed by atoms with E-state index in [0.717, 1.165) is 10.9 Å². The Balaban J connectivity index is 1.52. The molecule has 0 spiro atoms. The molecule has 0 saturated heterocycles. The lowest BCUT2D eigenvalue weighted by Crippen LogP contribution is -2.52. The van der Waals surface area contributed by atoms with Crippen molar-refractivity contribution in [1.82, 2.24) is 14.9 Å². The molecule has 2 amide bonds. The zero-order valence-electron chi connectivity index (χ0n) is 25.7. The molecule has 0 bridgehead atoms. The van der Waals surface area contributed by atoms with Gasteiger partial charge in [-0.15, -0.1) is 4.91 Å². The number of carbonyl (C=O) groups is 5. The van der Waals surface area contributed by atoms with Crippen LogP contribution in [0.2, 0.25) is 0 Å². The van der Waals surface area contributed by atoms with Gasteiger partial charge in [-0.25, -0.2) is 14.6 Å². The molecule has 0 aliphatic carbocycles. The topological polar surface area (TPSA) is 189 Å². The summed E-state index contributed by atoms with van der Waals surface area (Å²) < 4.78 is 18.1. The molecule has 240 valence electrons. The monoisotopic (exact) mass is 632 g/mol. The number of para-hydroxylation sites is 1. The molecule has 2 unspecified atom stereocenters. The number of esters is 3. The number of ether oxygens (including phenoxy) is 3. The van der Waals surface area contributed by atoms with Crippen LogP contribution in [0.25, 0.3) is 22.3 Å². The van der Waals surface area contributed by atoms with Gasteiger partial charge in [0.25, 0.3) is 11.5 Å². The number of hydrogen-bond donors (Lipinski definition) is 1. The van der Waals surface area contributed by atoms with Gasteiger partial charge < -0.3 is 24.1 Å². The number of benzene rings is 1. The lowest BCUT2D eigenvalue weighted by molar-refractivity contribution is -0.191. The number of nitrogens with zero attached hydrogens (tertiary/aromatic N) is 3. The van der Waals surface area contributed by atoms with E-state index in [1.807, 2.05) is 30.3 Å². The average molecular weight is 633 g/mol. The highest BCUT2D eigenvalue weighted by molar-refractivity contribution is 5.93. The van der Waals surface area contributed by atoms with Crippen molar-refractivity contribution in [2.75, 3.05) is 0 Å². The first kappa shape index (κ1) is 32.1. The molecular weight excluding hydrogens is 600 g/mol. The van der Waals surface area contributed by atoms with Gasteiger partial charge in [0.2, 0.25) is 11.5 Å². The molecule has 2 aliphatic heterocycles. The van der Waals surface area contributed by atoms with Crippen molar-refractivity contribution in [2.24, 2.45) is 5.18 Å². The molecule has 5 rings (SSSR count). The summed E-state index contributed by atoms with van der Waals surface area (Å²) in [4.78, 5) is 92.9. The zero-order chi connectivity index (χ0) is 33.4. The van der Waals surface area contributed by atoms with E-state index in [-0.39, 0.29) is 30.7 Å². The molecule has 2 aromatic heterocycles. The molecule has 14 heteroatoms. The van der Waals surface area contributed by atoms with Crippen molar-refractivity contribution in [3.05, 3.63) is 68.3 Å². The van der Waals surface area contributed by atoms with Crippen molar-refractivity contribution < 1.29 is 38.2 Å². The molecule has 14 nitrogen and oxygen atoms in total. The maximum Gasteiger partial charge on any atom is 0.355 e. The van der Waals surface area contributed by atoms with Crippen molar-refractivity contribution in [2.45, 2.75) is 83.8 Å². The third-order valence-electron chi connectivity index (χ3n) is 7.74. The quantitative estimate of drug-likeness (QED) is 0.162. The van der Waals surface area contributed by atoms with E-state index in [0.29, 0.717) is 16.9 Å². The summed E-state index contributed by atoms with van der Waals surface area (Å²) in [5, 5.41) is 5.46. The van der Waals surface area contributed by atoms with Gasteiger partial charge in [-0.3, -0.25) is 19.2 Å². The Morgan fingerprint density at radius 1 is 1.13 bits per heavy atom. The summed E-state index contributed by atoms with van der Waals surface area (Å²) in [6.45, 7) is 6.30. The second kappa shape index (κ2) is 12.3. The Kier molecular flexibility index (Phi) is 8.56. The summed E-state index contributed by atoms with van der Waals surface area (Å²) in [6.07, 6.45) is -1.86. The highest BCUT2D eigenvalue weighted by Gasteiger charge is 2.51. The zero-order valence-corrected chi connectivity index (χ0v) is 25.7. The van der Waals surface area contributed by atoms with Crippen LogP contribution in [0.1, 0.15) is 70.1 Å². The smallest absolute Gasteiger partial charge is 0.355 e. The van der Waals surface area contributed by atoms with Gasteiger partial charge in [0.05, 0.1) is 35.4 Å². The number of nitroso groups, excluding NO2 is 1. The van der Waals surface area contributed by atoms with Gasteiger partial charge in [0, 0.05) is 34.5 Å². The Labute approximate surface area is 262 Å². The number of pyridine rings is 2. The fourth-order valence-corrected chi connectivity index (χ4v) is 5.60.